The van der Waals surface area contributed by atoms with Crippen molar-refractivity contribution in [2.75, 3.05) is 6.61 Å². The number of aliphatic hydroxyl groups excluding tert-OH is 1. The fourth-order valence-corrected chi connectivity index (χ4v) is 1.26. The number of hydrogen-bond acceptors (Lipinski definition) is 2. The molecule has 0 radical (unpaired) electrons. The molecule has 0 aliphatic heterocycles. The maximum absolute atomic E-state index is 10.2. The fourth-order valence-electron chi connectivity index (χ4n) is 1.26. The van der Waals surface area contributed by atoms with E-state index in [-0.39, 0.29) is 13.0 Å². The van der Waals surface area contributed by atoms with Gasteiger partial charge in [-0.05, 0) is 30.5 Å². The second-order valence-corrected chi connectivity index (χ2v) is 3.40. The molecule has 0 unspecified atom stereocenters. The Morgan fingerprint density at radius 3 is 2.50 bits per heavy atom. The first-order valence-corrected chi connectivity index (χ1v) is 5.13. The van der Waals surface area contributed by atoms with Crippen molar-refractivity contribution >= 4 is 5.97 Å². The van der Waals surface area contributed by atoms with E-state index >= 15 is 0 Å². The average Bonchev–Trinajstić information content (AvgIpc) is 2.27. The van der Waals surface area contributed by atoms with E-state index in [2.05, 4.69) is 11.8 Å². The van der Waals surface area contributed by atoms with Gasteiger partial charge in [-0.3, -0.25) is 4.79 Å². The summed E-state index contributed by atoms with van der Waals surface area (Å²) in [5.41, 5.74) is 1.96. The number of aryl methyl sites for hydroxylation is 1. The molecule has 1 rings (SSSR count). The summed E-state index contributed by atoms with van der Waals surface area (Å²) in [5.74, 6) is 4.44. The maximum Gasteiger partial charge on any atom is 0.315 e. The highest BCUT2D eigenvalue weighted by atomic mass is 16.4. The van der Waals surface area contributed by atoms with Crippen molar-refractivity contribution < 1.29 is 15.0 Å². The van der Waals surface area contributed by atoms with E-state index in [1.807, 2.05) is 24.3 Å². The lowest BCUT2D eigenvalue weighted by Crippen LogP contribution is -1.91. The Bertz CT molecular complexity index is 395. The number of benzene rings is 1. The molecule has 2 N–H and O–H groups in total. The van der Waals surface area contributed by atoms with Gasteiger partial charge in [-0.2, -0.15) is 0 Å². The SMILES string of the molecule is O=C(O)CC#Cc1ccc(CCCO)cc1. The summed E-state index contributed by atoms with van der Waals surface area (Å²) in [6.07, 6.45) is 1.47. The lowest BCUT2D eigenvalue weighted by atomic mass is 10.1. The van der Waals surface area contributed by atoms with Crippen molar-refractivity contribution in [3.63, 3.8) is 0 Å². The maximum atomic E-state index is 10.2. The molecule has 0 aliphatic rings. The molecule has 0 bridgehead atoms. The fraction of sp³-hybridized carbons (Fsp3) is 0.308. The van der Waals surface area contributed by atoms with Gasteiger partial charge in [0.05, 0.1) is 0 Å². The highest BCUT2D eigenvalue weighted by Gasteiger charge is 1.93. The lowest BCUT2D eigenvalue weighted by molar-refractivity contribution is -0.135. The summed E-state index contributed by atoms with van der Waals surface area (Å²) in [7, 11) is 0. The standard InChI is InChI=1S/C13H14O3/c14-10-2-4-12-8-6-11(7-9-12)3-1-5-13(15)16/h6-9,14H,2,4-5,10H2,(H,15,16). The molecule has 1 aromatic rings. The summed E-state index contributed by atoms with van der Waals surface area (Å²) in [6.45, 7) is 0.195. The number of carbonyl (C=O) groups is 1. The Hall–Kier alpha value is -1.79. The van der Waals surface area contributed by atoms with Crippen LogP contribution in [0.4, 0.5) is 0 Å². The van der Waals surface area contributed by atoms with Crippen LogP contribution in [-0.4, -0.2) is 22.8 Å². The molecular formula is C13H14O3. The predicted octanol–water partition coefficient (Wildman–Crippen LogP) is 1.44. The van der Waals surface area contributed by atoms with Gasteiger partial charge in [0, 0.05) is 12.2 Å². The Kier molecular flexibility index (Phi) is 5.10. The zero-order valence-corrected chi connectivity index (χ0v) is 8.94. The minimum absolute atomic E-state index is 0.133. The van der Waals surface area contributed by atoms with E-state index in [4.69, 9.17) is 10.2 Å². The molecule has 0 fully saturated rings. The van der Waals surface area contributed by atoms with Crippen LogP contribution in [0.25, 0.3) is 0 Å². The number of aliphatic hydroxyl groups is 1. The van der Waals surface area contributed by atoms with E-state index in [1.165, 1.54) is 0 Å². The van der Waals surface area contributed by atoms with E-state index < -0.39 is 5.97 Å². The van der Waals surface area contributed by atoms with Gasteiger partial charge in [-0.25, -0.2) is 0 Å². The number of carboxylic acid groups (broad SMARTS) is 1. The summed E-state index contributed by atoms with van der Waals surface area (Å²) >= 11 is 0. The molecule has 84 valence electrons. The summed E-state index contributed by atoms with van der Waals surface area (Å²) in [5, 5.41) is 17.1. The minimum atomic E-state index is -0.910. The first-order chi connectivity index (χ1) is 7.72. The molecule has 0 saturated heterocycles. The van der Waals surface area contributed by atoms with Gasteiger partial charge in [0.15, 0.2) is 0 Å². The molecule has 1 aromatic carbocycles. The number of hydrogen-bond donors (Lipinski definition) is 2. The topological polar surface area (TPSA) is 57.5 Å². The second-order valence-electron chi connectivity index (χ2n) is 3.40. The van der Waals surface area contributed by atoms with Gasteiger partial charge >= 0.3 is 5.97 Å². The minimum Gasteiger partial charge on any atom is -0.481 e. The number of aliphatic carboxylic acids is 1. The molecule has 3 nitrogen and oxygen atoms in total. The van der Waals surface area contributed by atoms with Gasteiger partial charge in [-0.15, -0.1) is 0 Å². The molecule has 0 heterocycles. The van der Waals surface area contributed by atoms with Gasteiger partial charge < -0.3 is 10.2 Å². The van der Waals surface area contributed by atoms with E-state index in [1.54, 1.807) is 0 Å². The Morgan fingerprint density at radius 1 is 1.25 bits per heavy atom. The Balaban J connectivity index is 2.56. The van der Waals surface area contributed by atoms with Crippen molar-refractivity contribution in [2.45, 2.75) is 19.3 Å². The Labute approximate surface area is 94.7 Å². The molecular weight excluding hydrogens is 204 g/mol. The summed E-state index contributed by atoms with van der Waals surface area (Å²) in [6, 6.07) is 7.62. The number of carboxylic acids is 1. The van der Waals surface area contributed by atoms with Crippen LogP contribution in [0.2, 0.25) is 0 Å². The van der Waals surface area contributed by atoms with Crippen LogP contribution < -0.4 is 0 Å². The average molecular weight is 218 g/mol. The molecule has 0 aliphatic carbocycles. The second kappa shape index (κ2) is 6.65. The molecule has 0 amide bonds. The van der Waals surface area contributed by atoms with Crippen molar-refractivity contribution in [1.82, 2.24) is 0 Å². The van der Waals surface area contributed by atoms with Crippen LogP contribution in [0.1, 0.15) is 24.0 Å². The molecule has 16 heavy (non-hydrogen) atoms. The van der Waals surface area contributed by atoms with Crippen LogP contribution in [0, 0.1) is 11.8 Å². The zero-order valence-electron chi connectivity index (χ0n) is 8.94. The smallest absolute Gasteiger partial charge is 0.315 e. The molecule has 0 spiro atoms. The van der Waals surface area contributed by atoms with Crippen LogP contribution in [0.5, 0.6) is 0 Å². The van der Waals surface area contributed by atoms with Crippen molar-refractivity contribution in [1.29, 1.82) is 0 Å². The van der Waals surface area contributed by atoms with Crippen molar-refractivity contribution in [3.8, 4) is 11.8 Å². The summed E-state index contributed by atoms with van der Waals surface area (Å²) < 4.78 is 0. The highest BCUT2D eigenvalue weighted by molar-refractivity contribution is 5.70. The van der Waals surface area contributed by atoms with E-state index in [0.717, 1.165) is 24.0 Å². The third-order valence-electron chi connectivity index (χ3n) is 2.05. The van der Waals surface area contributed by atoms with Gasteiger partial charge in [-0.1, -0.05) is 24.0 Å². The monoisotopic (exact) mass is 218 g/mol. The van der Waals surface area contributed by atoms with Gasteiger partial charge in [0.2, 0.25) is 0 Å². The quantitative estimate of drug-likeness (QED) is 0.752. The third-order valence-corrected chi connectivity index (χ3v) is 2.05. The first kappa shape index (κ1) is 12.3. The predicted molar refractivity (Wildman–Crippen MR) is 61.0 cm³/mol. The van der Waals surface area contributed by atoms with Gasteiger partial charge in [0.25, 0.3) is 0 Å². The van der Waals surface area contributed by atoms with E-state index in [9.17, 15) is 4.79 Å². The molecule has 3 heteroatoms. The highest BCUT2D eigenvalue weighted by Crippen LogP contribution is 2.05. The normalized spacial score (nSPS) is 9.31. The van der Waals surface area contributed by atoms with Crippen molar-refractivity contribution in [3.05, 3.63) is 35.4 Å². The van der Waals surface area contributed by atoms with Crippen LogP contribution in [0.15, 0.2) is 24.3 Å². The summed E-state index contributed by atoms with van der Waals surface area (Å²) in [4.78, 5) is 10.2. The molecule has 0 saturated carbocycles. The zero-order chi connectivity index (χ0) is 11.8. The first-order valence-electron chi connectivity index (χ1n) is 5.13. The lowest BCUT2D eigenvalue weighted by Gasteiger charge is -1.98. The largest absolute Gasteiger partial charge is 0.481 e. The van der Waals surface area contributed by atoms with Crippen molar-refractivity contribution in [2.24, 2.45) is 0 Å². The van der Waals surface area contributed by atoms with Crippen LogP contribution in [-0.2, 0) is 11.2 Å². The van der Waals surface area contributed by atoms with Crippen LogP contribution in [0.3, 0.4) is 0 Å². The molecule has 0 atom stereocenters. The third kappa shape index (κ3) is 4.63. The molecule has 0 aromatic heterocycles. The Morgan fingerprint density at radius 2 is 1.94 bits per heavy atom. The number of rotatable bonds is 4. The van der Waals surface area contributed by atoms with Crippen LogP contribution >= 0.6 is 0 Å². The van der Waals surface area contributed by atoms with E-state index in [0.29, 0.717) is 0 Å². The van der Waals surface area contributed by atoms with Gasteiger partial charge in [0.1, 0.15) is 6.42 Å².